The molecular formula is C17H34NOP. The Morgan fingerprint density at radius 2 is 1.20 bits per heavy atom. The van der Waals surface area contributed by atoms with Crippen LogP contribution in [0.1, 0.15) is 64.2 Å². The predicted molar refractivity (Wildman–Crippen MR) is 90.4 cm³/mol. The first-order chi connectivity index (χ1) is 9.82. The molecule has 0 aromatic carbocycles. The van der Waals surface area contributed by atoms with Crippen LogP contribution in [0.2, 0.25) is 0 Å². The predicted octanol–water partition coefficient (Wildman–Crippen LogP) is 4.28. The number of morpholine rings is 1. The number of rotatable bonds is 3. The van der Waals surface area contributed by atoms with Crippen LogP contribution in [0.25, 0.3) is 0 Å². The van der Waals surface area contributed by atoms with Gasteiger partial charge in [-0.2, -0.15) is 0 Å². The maximum absolute atomic E-state index is 5.65. The van der Waals surface area contributed by atoms with Gasteiger partial charge in [-0.05, 0) is 0 Å². The Labute approximate surface area is 126 Å². The van der Waals surface area contributed by atoms with Gasteiger partial charge in [0.15, 0.2) is 0 Å². The van der Waals surface area contributed by atoms with Gasteiger partial charge in [0, 0.05) is 0 Å². The summed E-state index contributed by atoms with van der Waals surface area (Å²) < 4.78 is 8.62. The van der Waals surface area contributed by atoms with Crippen LogP contribution in [0.15, 0.2) is 0 Å². The van der Waals surface area contributed by atoms with Crippen molar-refractivity contribution in [3.63, 3.8) is 0 Å². The van der Waals surface area contributed by atoms with Crippen molar-refractivity contribution < 1.29 is 4.74 Å². The zero-order chi connectivity index (χ0) is 13.8. The molecule has 0 aromatic heterocycles. The van der Waals surface area contributed by atoms with Crippen molar-refractivity contribution in [2.75, 3.05) is 33.0 Å². The van der Waals surface area contributed by atoms with Crippen LogP contribution in [-0.4, -0.2) is 49.0 Å². The van der Waals surface area contributed by atoms with Gasteiger partial charge in [0.25, 0.3) is 0 Å². The van der Waals surface area contributed by atoms with Crippen molar-refractivity contribution in [1.29, 1.82) is 0 Å². The molecule has 0 aromatic rings. The van der Waals surface area contributed by atoms with Crippen molar-refractivity contribution in [2.24, 2.45) is 0 Å². The Bertz CT molecular complexity index is 246. The molecule has 0 unspecified atom stereocenters. The van der Waals surface area contributed by atoms with E-state index >= 15 is 0 Å². The molecule has 2 aliphatic carbocycles. The molecule has 0 amide bonds. The molecule has 0 bridgehead atoms. The van der Waals surface area contributed by atoms with Gasteiger partial charge < -0.3 is 0 Å². The molecule has 2 saturated carbocycles. The minimum absolute atomic E-state index is 0.988. The first-order valence-corrected chi connectivity index (χ1v) is 11.7. The molecule has 1 aliphatic heterocycles. The van der Waals surface area contributed by atoms with Gasteiger partial charge >= 0.3 is 125 Å². The van der Waals surface area contributed by atoms with Gasteiger partial charge in [-0.15, -0.1) is 0 Å². The van der Waals surface area contributed by atoms with Crippen molar-refractivity contribution >= 4 is 7.41 Å². The Kier molecular flexibility index (Phi) is 5.39. The van der Waals surface area contributed by atoms with E-state index in [1.54, 1.807) is 0 Å². The number of ether oxygens (including phenoxy) is 1. The number of hydrogen-bond donors (Lipinski definition) is 0. The van der Waals surface area contributed by atoms with Crippen LogP contribution >= 0.6 is 7.41 Å². The van der Waals surface area contributed by atoms with Gasteiger partial charge in [0.2, 0.25) is 0 Å². The standard InChI is InChI=1S/C17H34NOP/c1-20(16-8-4-2-5-9-16,17-10-6-3-7-11-17)18-12-14-19-15-13-18/h16-17,20H,2-15H2,1H3. The summed E-state index contributed by atoms with van der Waals surface area (Å²) in [5.74, 6) is 0. The van der Waals surface area contributed by atoms with E-state index in [2.05, 4.69) is 11.3 Å². The van der Waals surface area contributed by atoms with E-state index < -0.39 is 7.41 Å². The summed E-state index contributed by atoms with van der Waals surface area (Å²) in [7, 11) is -1.29. The SMILES string of the molecule is C[PH](C1CCCCC1)(C1CCCCC1)N1CCOCC1. The van der Waals surface area contributed by atoms with E-state index in [-0.39, 0.29) is 0 Å². The number of nitrogens with zero attached hydrogens (tertiary/aromatic N) is 1. The third-order valence-electron chi connectivity index (χ3n) is 6.56. The topological polar surface area (TPSA) is 12.5 Å². The molecular weight excluding hydrogens is 265 g/mol. The summed E-state index contributed by atoms with van der Waals surface area (Å²) >= 11 is 0. The quantitative estimate of drug-likeness (QED) is 0.721. The fourth-order valence-electron chi connectivity index (χ4n) is 5.27. The Morgan fingerprint density at radius 3 is 1.65 bits per heavy atom. The summed E-state index contributed by atoms with van der Waals surface area (Å²) in [4.78, 5) is 0. The third-order valence-corrected chi connectivity index (χ3v) is 12.8. The molecule has 3 aliphatic rings. The van der Waals surface area contributed by atoms with Crippen LogP contribution in [0.4, 0.5) is 0 Å². The molecule has 3 rings (SSSR count). The van der Waals surface area contributed by atoms with E-state index in [9.17, 15) is 0 Å². The molecule has 20 heavy (non-hydrogen) atoms. The van der Waals surface area contributed by atoms with Crippen LogP contribution in [0, 0.1) is 0 Å². The first kappa shape index (κ1) is 15.3. The summed E-state index contributed by atoms with van der Waals surface area (Å²) in [5, 5.41) is 0. The van der Waals surface area contributed by atoms with E-state index in [1.165, 1.54) is 77.3 Å². The Morgan fingerprint density at radius 1 is 0.750 bits per heavy atom. The van der Waals surface area contributed by atoms with E-state index in [0.717, 1.165) is 24.5 Å². The van der Waals surface area contributed by atoms with Crippen molar-refractivity contribution in [1.82, 2.24) is 4.67 Å². The average molecular weight is 299 g/mol. The van der Waals surface area contributed by atoms with Crippen molar-refractivity contribution in [3.8, 4) is 0 Å². The summed E-state index contributed by atoms with van der Waals surface area (Å²) in [6.45, 7) is 7.21. The van der Waals surface area contributed by atoms with E-state index in [1.807, 2.05) is 0 Å². The number of hydrogen-bond acceptors (Lipinski definition) is 2. The molecule has 3 heteroatoms. The Balaban J connectivity index is 1.79. The molecule has 0 spiro atoms. The Hall–Kier alpha value is 0.350. The zero-order valence-electron chi connectivity index (χ0n) is 13.4. The molecule has 3 fully saturated rings. The molecule has 0 radical (unpaired) electrons. The normalized spacial score (nSPS) is 29.4. The van der Waals surface area contributed by atoms with E-state index in [0.29, 0.717) is 0 Å². The fourth-order valence-corrected chi connectivity index (χ4v) is 11.3. The van der Waals surface area contributed by atoms with Crippen molar-refractivity contribution in [3.05, 3.63) is 0 Å². The monoisotopic (exact) mass is 299 g/mol. The molecule has 2 nitrogen and oxygen atoms in total. The average Bonchev–Trinajstić information content (AvgIpc) is 2.56. The first-order valence-electron chi connectivity index (χ1n) is 9.14. The van der Waals surface area contributed by atoms with Gasteiger partial charge in [-0.3, -0.25) is 0 Å². The van der Waals surface area contributed by atoms with Crippen molar-refractivity contribution in [2.45, 2.75) is 75.5 Å². The molecule has 0 N–H and O–H groups in total. The molecule has 1 saturated heterocycles. The maximum atomic E-state index is 5.65. The van der Waals surface area contributed by atoms with Crippen LogP contribution in [0.5, 0.6) is 0 Å². The van der Waals surface area contributed by atoms with Gasteiger partial charge in [-0.25, -0.2) is 0 Å². The third kappa shape index (κ3) is 3.08. The van der Waals surface area contributed by atoms with Gasteiger partial charge in [0.1, 0.15) is 0 Å². The zero-order valence-corrected chi connectivity index (χ0v) is 14.4. The molecule has 1 heterocycles. The second-order valence-corrected chi connectivity index (χ2v) is 12.2. The van der Waals surface area contributed by atoms with Crippen LogP contribution < -0.4 is 0 Å². The minimum atomic E-state index is -1.29. The molecule has 0 atom stereocenters. The van der Waals surface area contributed by atoms with Crippen LogP contribution in [0.3, 0.4) is 0 Å². The second-order valence-electron chi connectivity index (χ2n) is 7.50. The summed E-state index contributed by atoms with van der Waals surface area (Å²) in [6.07, 6.45) is 15.2. The fraction of sp³-hybridized carbons (Fsp3) is 1.00. The second kappa shape index (κ2) is 7.07. The summed E-state index contributed by atoms with van der Waals surface area (Å²) in [5.41, 5.74) is 2.16. The van der Waals surface area contributed by atoms with Gasteiger partial charge in [-0.1, -0.05) is 0 Å². The van der Waals surface area contributed by atoms with E-state index in [4.69, 9.17) is 4.74 Å². The van der Waals surface area contributed by atoms with Gasteiger partial charge in [0.05, 0.1) is 0 Å². The van der Waals surface area contributed by atoms with Crippen LogP contribution in [-0.2, 0) is 4.74 Å². The molecule has 118 valence electrons. The summed E-state index contributed by atoms with van der Waals surface area (Å²) in [6, 6.07) is 0.